The summed E-state index contributed by atoms with van der Waals surface area (Å²) in [6, 6.07) is 32.3. The minimum absolute atomic E-state index is 0.122. The van der Waals surface area contributed by atoms with Crippen LogP contribution in [0.1, 0.15) is 0 Å². The van der Waals surface area contributed by atoms with Gasteiger partial charge in [0.15, 0.2) is 5.43 Å². The molecule has 0 atom stereocenters. The predicted octanol–water partition coefficient (Wildman–Crippen LogP) is 5.86. The molecule has 5 aromatic rings. The molecule has 5 rings (SSSR count). The van der Waals surface area contributed by atoms with Gasteiger partial charge in [0.05, 0.1) is 21.7 Å². The van der Waals surface area contributed by atoms with E-state index >= 15 is 0 Å². The minimum Gasteiger partial charge on any atom is -0.341 e. The van der Waals surface area contributed by atoms with Crippen molar-refractivity contribution in [3.63, 3.8) is 0 Å². The molecule has 0 unspecified atom stereocenters. The number of fused-ring (bicyclic) bond motifs is 1. The number of benzene rings is 3. The summed E-state index contributed by atoms with van der Waals surface area (Å²) in [5.41, 5.74) is 3.11. The van der Waals surface area contributed by atoms with Crippen molar-refractivity contribution in [1.29, 1.82) is 0 Å². The first-order valence-electron chi connectivity index (χ1n) is 11.1. The molecule has 2 N–H and O–H groups in total. The van der Waals surface area contributed by atoms with Gasteiger partial charge in [0, 0.05) is 29.3 Å². The van der Waals surface area contributed by atoms with E-state index in [-0.39, 0.29) is 17.1 Å². The van der Waals surface area contributed by atoms with Crippen LogP contribution in [0.25, 0.3) is 16.6 Å². The van der Waals surface area contributed by atoms with E-state index in [1.165, 1.54) is 11.8 Å². The number of thioether (sulfide) groups is 1. The molecule has 0 aliphatic heterocycles. The monoisotopic (exact) mass is 478 g/mol. The zero-order valence-corrected chi connectivity index (χ0v) is 19.5. The van der Waals surface area contributed by atoms with E-state index in [1.807, 2.05) is 102 Å². The lowest BCUT2D eigenvalue weighted by Crippen LogP contribution is -2.14. The van der Waals surface area contributed by atoms with Crippen molar-refractivity contribution in [2.75, 3.05) is 16.4 Å². The van der Waals surface area contributed by atoms with Crippen LogP contribution in [0.3, 0.4) is 0 Å². The van der Waals surface area contributed by atoms with Gasteiger partial charge in [-0.05, 0) is 42.5 Å². The van der Waals surface area contributed by atoms with Crippen LogP contribution in [-0.2, 0) is 4.79 Å². The van der Waals surface area contributed by atoms with Gasteiger partial charge in [-0.1, -0.05) is 66.4 Å². The number of rotatable bonds is 7. The number of pyridine rings is 2. The van der Waals surface area contributed by atoms with Crippen molar-refractivity contribution in [2.45, 2.75) is 5.03 Å². The number of hydrogen-bond donors (Lipinski definition) is 2. The molecule has 0 saturated heterocycles. The Labute approximate surface area is 206 Å². The smallest absolute Gasteiger partial charge is 0.234 e. The lowest BCUT2D eigenvalue weighted by atomic mass is 10.2. The molecule has 0 aliphatic carbocycles. The van der Waals surface area contributed by atoms with E-state index in [1.54, 1.807) is 12.3 Å². The van der Waals surface area contributed by atoms with Gasteiger partial charge in [-0.15, -0.1) is 0 Å². The summed E-state index contributed by atoms with van der Waals surface area (Å²) in [7, 11) is 0. The van der Waals surface area contributed by atoms with Crippen molar-refractivity contribution in [3.05, 3.63) is 120 Å². The lowest BCUT2D eigenvalue weighted by molar-refractivity contribution is -0.113. The van der Waals surface area contributed by atoms with Gasteiger partial charge in [0.2, 0.25) is 5.91 Å². The number of carbonyl (C=O) groups excluding carboxylic acids is 1. The van der Waals surface area contributed by atoms with Crippen LogP contribution in [0.2, 0.25) is 0 Å². The third kappa shape index (κ3) is 5.26. The van der Waals surface area contributed by atoms with Crippen LogP contribution in [0.5, 0.6) is 0 Å². The van der Waals surface area contributed by atoms with E-state index in [0.29, 0.717) is 21.7 Å². The fourth-order valence-corrected chi connectivity index (χ4v) is 4.42. The molecule has 2 aromatic heterocycles. The number of anilines is 3. The summed E-state index contributed by atoms with van der Waals surface area (Å²) in [4.78, 5) is 29.9. The Bertz CT molecular complexity index is 1520. The first kappa shape index (κ1) is 22.4. The molecule has 0 bridgehead atoms. The van der Waals surface area contributed by atoms with Gasteiger partial charge >= 0.3 is 0 Å². The van der Waals surface area contributed by atoms with Crippen LogP contribution in [0.15, 0.2) is 119 Å². The molecule has 6 nitrogen and oxygen atoms in total. The highest BCUT2D eigenvalue weighted by molar-refractivity contribution is 7.99. The first-order chi connectivity index (χ1) is 17.2. The summed E-state index contributed by atoms with van der Waals surface area (Å²) in [6.07, 6.45) is 1.58. The van der Waals surface area contributed by atoms with Gasteiger partial charge in [0.25, 0.3) is 0 Å². The van der Waals surface area contributed by atoms with E-state index < -0.39 is 0 Å². The number of aromatic nitrogens is 2. The van der Waals surface area contributed by atoms with Crippen molar-refractivity contribution in [2.24, 2.45) is 0 Å². The highest BCUT2D eigenvalue weighted by Gasteiger charge is 2.14. The SMILES string of the molecule is O=C(CSc1cc2c(cn1)c(=O)cc(Nc1ccccc1)n2-c1ccccc1)Nc1ccccc1. The van der Waals surface area contributed by atoms with E-state index in [4.69, 9.17) is 0 Å². The molecule has 0 aliphatic rings. The van der Waals surface area contributed by atoms with Crippen LogP contribution < -0.4 is 16.1 Å². The number of carbonyl (C=O) groups is 1. The molecular formula is C28H22N4O2S. The average molecular weight is 479 g/mol. The second-order valence-corrected chi connectivity index (χ2v) is 8.79. The largest absolute Gasteiger partial charge is 0.341 e. The zero-order valence-electron chi connectivity index (χ0n) is 18.7. The third-order valence-electron chi connectivity index (χ3n) is 5.34. The van der Waals surface area contributed by atoms with Crippen LogP contribution in [0.4, 0.5) is 17.2 Å². The molecule has 0 fully saturated rings. The van der Waals surface area contributed by atoms with Crippen molar-refractivity contribution in [1.82, 2.24) is 9.55 Å². The minimum atomic E-state index is -0.128. The first-order valence-corrected chi connectivity index (χ1v) is 12.1. The van der Waals surface area contributed by atoms with Crippen molar-refractivity contribution in [3.8, 4) is 5.69 Å². The van der Waals surface area contributed by atoms with Gasteiger partial charge in [0.1, 0.15) is 5.82 Å². The molecule has 1 amide bonds. The average Bonchev–Trinajstić information content (AvgIpc) is 2.89. The standard InChI is InChI=1S/C28H22N4O2S/c33-25-17-26(30-20-10-4-1-5-11-20)32(22-14-8-3-9-15-22)24-16-28(29-18-23(24)25)35-19-27(34)31-21-12-6-2-7-13-21/h1-18,30H,19H2,(H,31,34). The predicted molar refractivity (Wildman–Crippen MR) is 143 cm³/mol. The van der Waals surface area contributed by atoms with Crippen LogP contribution in [0, 0.1) is 0 Å². The topological polar surface area (TPSA) is 76.0 Å². The Morgan fingerprint density at radius 2 is 1.46 bits per heavy atom. The van der Waals surface area contributed by atoms with E-state index in [0.717, 1.165) is 17.1 Å². The normalized spacial score (nSPS) is 10.7. The van der Waals surface area contributed by atoms with Gasteiger partial charge < -0.3 is 10.6 Å². The van der Waals surface area contributed by atoms with E-state index in [9.17, 15) is 9.59 Å². The zero-order chi connectivity index (χ0) is 24.0. The Balaban J connectivity index is 1.51. The summed E-state index contributed by atoms with van der Waals surface area (Å²) < 4.78 is 2.00. The maximum Gasteiger partial charge on any atom is 0.234 e. The molecule has 172 valence electrons. The maximum atomic E-state index is 13.0. The van der Waals surface area contributed by atoms with Crippen LogP contribution in [-0.4, -0.2) is 21.2 Å². The summed E-state index contributed by atoms with van der Waals surface area (Å²) in [6.45, 7) is 0. The lowest BCUT2D eigenvalue weighted by Gasteiger charge is -2.18. The quantitative estimate of drug-likeness (QED) is 0.287. The summed E-state index contributed by atoms with van der Waals surface area (Å²) in [5.74, 6) is 0.720. The molecule has 3 aromatic carbocycles. The molecule has 7 heteroatoms. The molecule has 0 saturated carbocycles. The Hall–Kier alpha value is -4.36. The fraction of sp³-hybridized carbons (Fsp3) is 0.0357. The number of para-hydroxylation sites is 3. The van der Waals surface area contributed by atoms with Gasteiger partial charge in [-0.25, -0.2) is 4.98 Å². The second-order valence-electron chi connectivity index (χ2n) is 7.80. The molecule has 0 radical (unpaired) electrons. The van der Waals surface area contributed by atoms with E-state index in [2.05, 4.69) is 15.6 Å². The van der Waals surface area contributed by atoms with Gasteiger partial charge in [-0.3, -0.25) is 14.2 Å². The number of nitrogens with one attached hydrogen (secondary N) is 2. The van der Waals surface area contributed by atoms with Crippen molar-refractivity contribution >= 4 is 45.8 Å². The van der Waals surface area contributed by atoms with Crippen molar-refractivity contribution < 1.29 is 4.79 Å². The number of nitrogens with zero attached hydrogens (tertiary/aromatic N) is 2. The summed E-state index contributed by atoms with van der Waals surface area (Å²) >= 11 is 1.32. The molecule has 2 heterocycles. The Kier molecular flexibility index (Phi) is 6.59. The highest BCUT2D eigenvalue weighted by Crippen LogP contribution is 2.27. The Morgan fingerprint density at radius 3 is 2.14 bits per heavy atom. The summed E-state index contributed by atoms with van der Waals surface area (Å²) in [5, 5.41) is 7.41. The highest BCUT2D eigenvalue weighted by atomic mass is 32.2. The molecule has 0 spiro atoms. The van der Waals surface area contributed by atoms with Gasteiger partial charge in [-0.2, -0.15) is 0 Å². The third-order valence-corrected chi connectivity index (χ3v) is 6.27. The van der Waals surface area contributed by atoms with Crippen LogP contribution >= 0.6 is 11.8 Å². The maximum absolute atomic E-state index is 13.0. The molecular weight excluding hydrogens is 456 g/mol. The fourth-order valence-electron chi connectivity index (χ4n) is 3.75. The Morgan fingerprint density at radius 1 is 0.829 bits per heavy atom. The second kappa shape index (κ2) is 10.3. The number of amides is 1. The molecule has 35 heavy (non-hydrogen) atoms. The number of hydrogen-bond acceptors (Lipinski definition) is 5.